The third-order valence-corrected chi connectivity index (χ3v) is 6.29. The summed E-state index contributed by atoms with van der Waals surface area (Å²) in [6.45, 7) is 0.619. The van der Waals surface area contributed by atoms with Crippen LogP contribution in [0.2, 0.25) is 0 Å². The van der Waals surface area contributed by atoms with Crippen LogP contribution in [-0.4, -0.2) is 56.3 Å². The van der Waals surface area contributed by atoms with Crippen LogP contribution in [0.25, 0.3) is 0 Å². The molecule has 1 saturated heterocycles. The van der Waals surface area contributed by atoms with Crippen molar-refractivity contribution in [3.05, 3.63) is 59.9 Å². The Bertz CT molecular complexity index is 977. The van der Waals surface area contributed by atoms with E-state index in [0.29, 0.717) is 6.07 Å². The maximum Gasteiger partial charge on any atom is 0.246 e. The highest BCUT2D eigenvalue weighted by Gasteiger charge is 2.30. The molecule has 0 atom stereocenters. The van der Waals surface area contributed by atoms with E-state index in [1.165, 1.54) is 22.5 Å². The summed E-state index contributed by atoms with van der Waals surface area (Å²) in [5.74, 6) is -2.95. The Morgan fingerprint density at radius 3 is 2.29 bits per heavy atom. The van der Waals surface area contributed by atoms with Crippen molar-refractivity contribution in [3.63, 3.8) is 0 Å². The molecule has 0 radical (unpaired) electrons. The maximum absolute atomic E-state index is 13.8. The van der Waals surface area contributed by atoms with Gasteiger partial charge in [0.05, 0.1) is 12.2 Å². The first kappa shape index (κ1) is 20.3. The predicted molar refractivity (Wildman–Crippen MR) is 96.6 cm³/mol. The summed E-state index contributed by atoms with van der Waals surface area (Å²) in [5.41, 5.74) is -0.132. The third-order valence-electron chi connectivity index (χ3n) is 4.36. The van der Waals surface area contributed by atoms with Gasteiger partial charge < -0.3 is 5.32 Å². The van der Waals surface area contributed by atoms with Crippen LogP contribution in [0.1, 0.15) is 0 Å². The number of nitrogens with one attached hydrogen (secondary N) is 1. The second-order valence-electron chi connectivity index (χ2n) is 6.28. The molecular formula is C18H18F3N3O3S. The van der Waals surface area contributed by atoms with Gasteiger partial charge in [0.15, 0.2) is 0 Å². The van der Waals surface area contributed by atoms with Gasteiger partial charge in [0.2, 0.25) is 15.9 Å². The molecule has 10 heteroatoms. The summed E-state index contributed by atoms with van der Waals surface area (Å²) in [6, 6.07) is 7.98. The van der Waals surface area contributed by atoms with Crippen LogP contribution in [0.15, 0.2) is 47.4 Å². The molecule has 0 bridgehead atoms. The maximum atomic E-state index is 13.8. The van der Waals surface area contributed by atoms with E-state index < -0.39 is 33.4 Å². The Hall–Kier alpha value is -2.43. The summed E-state index contributed by atoms with van der Waals surface area (Å²) in [4.78, 5) is 13.4. The van der Waals surface area contributed by atoms with Crippen LogP contribution in [0.5, 0.6) is 0 Å². The van der Waals surface area contributed by atoms with Gasteiger partial charge in [-0.25, -0.2) is 21.6 Å². The van der Waals surface area contributed by atoms with Crippen LogP contribution in [-0.2, 0) is 14.8 Å². The SMILES string of the molecule is O=C(CN1CCN(S(=O)(=O)c2ccccc2F)CC1)Nc1ccc(F)cc1F. The lowest BCUT2D eigenvalue weighted by Gasteiger charge is -2.33. The number of carbonyl (C=O) groups is 1. The number of rotatable bonds is 5. The smallest absolute Gasteiger partial charge is 0.246 e. The molecule has 0 saturated carbocycles. The first-order valence-corrected chi connectivity index (χ1v) is 9.93. The Morgan fingerprint density at radius 1 is 0.964 bits per heavy atom. The minimum atomic E-state index is -3.96. The van der Waals surface area contributed by atoms with Crippen LogP contribution in [0.3, 0.4) is 0 Å². The van der Waals surface area contributed by atoms with Crippen molar-refractivity contribution in [2.45, 2.75) is 4.90 Å². The molecular weight excluding hydrogens is 395 g/mol. The van der Waals surface area contributed by atoms with Crippen molar-refractivity contribution in [1.82, 2.24) is 9.21 Å². The summed E-state index contributed by atoms with van der Waals surface area (Å²) in [7, 11) is -3.96. The lowest BCUT2D eigenvalue weighted by molar-refractivity contribution is -0.117. The van der Waals surface area contributed by atoms with Gasteiger partial charge in [0, 0.05) is 32.2 Å². The van der Waals surface area contributed by atoms with Gasteiger partial charge in [-0.15, -0.1) is 0 Å². The lowest BCUT2D eigenvalue weighted by Crippen LogP contribution is -2.50. The first-order chi connectivity index (χ1) is 13.3. The average Bonchev–Trinajstić information content (AvgIpc) is 2.65. The fraction of sp³-hybridized carbons (Fsp3) is 0.278. The van der Waals surface area contributed by atoms with Gasteiger partial charge in [0.25, 0.3) is 0 Å². The number of benzene rings is 2. The summed E-state index contributed by atoms with van der Waals surface area (Å²) in [5, 5.41) is 2.36. The number of piperazine rings is 1. The van der Waals surface area contributed by atoms with Gasteiger partial charge in [-0.2, -0.15) is 4.31 Å². The van der Waals surface area contributed by atoms with Crippen molar-refractivity contribution in [1.29, 1.82) is 0 Å². The van der Waals surface area contributed by atoms with E-state index >= 15 is 0 Å². The number of nitrogens with zero attached hydrogens (tertiary/aromatic N) is 2. The zero-order valence-corrected chi connectivity index (χ0v) is 15.6. The van der Waals surface area contributed by atoms with Crippen LogP contribution >= 0.6 is 0 Å². The second-order valence-corrected chi connectivity index (χ2v) is 8.19. The molecule has 1 N–H and O–H groups in total. The van der Waals surface area contributed by atoms with E-state index in [2.05, 4.69) is 5.32 Å². The Morgan fingerprint density at radius 2 is 1.64 bits per heavy atom. The number of anilines is 1. The molecule has 28 heavy (non-hydrogen) atoms. The lowest BCUT2D eigenvalue weighted by atomic mass is 10.3. The fourth-order valence-electron chi connectivity index (χ4n) is 2.90. The van der Waals surface area contributed by atoms with Crippen molar-refractivity contribution in [2.24, 2.45) is 0 Å². The Kier molecular flexibility index (Phi) is 6.01. The standard InChI is InChI=1S/C18H18F3N3O3S/c19-13-5-6-16(15(21)11-13)22-18(25)12-23-7-9-24(10-8-23)28(26,27)17-4-2-1-3-14(17)20/h1-6,11H,7-10,12H2,(H,22,25). The van der Waals surface area contributed by atoms with E-state index in [9.17, 15) is 26.4 Å². The summed E-state index contributed by atoms with van der Waals surface area (Å²) >= 11 is 0. The molecule has 1 amide bonds. The van der Waals surface area contributed by atoms with E-state index in [4.69, 9.17) is 0 Å². The minimum Gasteiger partial charge on any atom is -0.322 e. The molecule has 0 aliphatic carbocycles. The number of hydrogen-bond donors (Lipinski definition) is 1. The molecule has 0 aromatic heterocycles. The number of hydrogen-bond acceptors (Lipinski definition) is 4. The minimum absolute atomic E-state index is 0.0790. The van der Waals surface area contributed by atoms with E-state index in [-0.39, 0.29) is 43.3 Å². The molecule has 150 valence electrons. The predicted octanol–water partition coefficient (Wildman–Crippen LogP) is 2.05. The largest absolute Gasteiger partial charge is 0.322 e. The van der Waals surface area contributed by atoms with Gasteiger partial charge in [-0.1, -0.05) is 12.1 Å². The molecule has 1 aliphatic heterocycles. The molecule has 2 aromatic carbocycles. The highest BCUT2D eigenvalue weighted by atomic mass is 32.2. The van der Waals surface area contributed by atoms with Gasteiger partial charge in [0.1, 0.15) is 22.3 Å². The van der Waals surface area contributed by atoms with E-state index in [0.717, 1.165) is 18.2 Å². The van der Waals surface area contributed by atoms with Gasteiger partial charge in [-0.05, 0) is 24.3 Å². The highest BCUT2D eigenvalue weighted by Crippen LogP contribution is 2.20. The number of carbonyl (C=O) groups excluding carboxylic acids is 1. The van der Waals surface area contributed by atoms with Gasteiger partial charge >= 0.3 is 0 Å². The normalized spacial score (nSPS) is 16.1. The van der Waals surface area contributed by atoms with Crippen LogP contribution in [0, 0.1) is 17.5 Å². The van der Waals surface area contributed by atoms with Crippen molar-refractivity contribution >= 4 is 21.6 Å². The number of sulfonamides is 1. The molecule has 1 fully saturated rings. The molecule has 6 nitrogen and oxygen atoms in total. The van der Waals surface area contributed by atoms with Gasteiger partial charge in [-0.3, -0.25) is 9.69 Å². The van der Waals surface area contributed by atoms with Crippen LogP contribution in [0.4, 0.5) is 18.9 Å². The van der Waals surface area contributed by atoms with E-state index in [1.54, 1.807) is 4.90 Å². The zero-order chi connectivity index (χ0) is 20.3. The molecule has 1 heterocycles. The average molecular weight is 413 g/mol. The highest BCUT2D eigenvalue weighted by molar-refractivity contribution is 7.89. The summed E-state index contributed by atoms with van der Waals surface area (Å²) < 4.78 is 66.6. The van der Waals surface area contributed by atoms with E-state index in [1.807, 2.05) is 0 Å². The number of halogens is 3. The first-order valence-electron chi connectivity index (χ1n) is 8.49. The molecule has 3 rings (SSSR count). The summed E-state index contributed by atoms with van der Waals surface area (Å²) in [6.07, 6.45) is 0. The second kappa shape index (κ2) is 8.29. The molecule has 1 aliphatic rings. The van der Waals surface area contributed by atoms with Crippen molar-refractivity contribution in [3.8, 4) is 0 Å². The fourth-order valence-corrected chi connectivity index (χ4v) is 4.39. The monoisotopic (exact) mass is 413 g/mol. The molecule has 2 aromatic rings. The Labute approximate surface area is 160 Å². The third kappa shape index (κ3) is 4.51. The topological polar surface area (TPSA) is 69.7 Å². The van der Waals surface area contributed by atoms with Crippen LogP contribution < -0.4 is 5.32 Å². The van der Waals surface area contributed by atoms with Crippen molar-refractivity contribution < 1.29 is 26.4 Å². The number of amides is 1. The molecule has 0 unspecified atom stereocenters. The quantitative estimate of drug-likeness (QED) is 0.815. The van der Waals surface area contributed by atoms with Crippen molar-refractivity contribution in [2.75, 3.05) is 38.0 Å². The molecule has 0 spiro atoms. The Balaban J connectivity index is 1.57. The zero-order valence-electron chi connectivity index (χ0n) is 14.7.